The Morgan fingerprint density at radius 1 is 1.29 bits per heavy atom. The van der Waals surface area contributed by atoms with Gasteiger partial charge in [-0.15, -0.1) is 12.4 Å². The van der Waals surface area contributed by atoms with Crippen LogP contribution in [0.2, 0.25) is 0 Å². The average molecular weight is 410 g/mol. The first-order chi connectivity index (χ1) is 13.1. The van der Waals surface area contributed by atoms with Gasteiger partial charge < -0.3 is 14.8 Å². The number of hydrogen-bond acceptors (Lipinski definition) is 6. The van der Waals surface area contributed by atoms with Crippen molar-refractivity contribution in [2.24, 2.45) is 7.05 Å². The van der Waals surface area contributed by atoms with Crippen LogP contribution in [0, 0.1) is 0 Å². The second kappa shape index (κ2) is 10.3. The van der Waals surface area contributed by atoms with E-state index in [1.54, 1.807) is 25.9 Å². The van der Waals surface area contributed by atoms with E-state index in [4.69, 9.17) is 9.47 Å². The van der Waals surface area contributed by atoms with E-state index < -0.39 is 0 Å². The van der Waals surface area contributed by atoms with Gasteiger partial charge in [-0.05, 0) is 56.1 Å². The van der Waals surface area contributed by atoms with Gasteiger partial charge in [0.05, 0.1) is 14.2 Å². The first-order valence-corrected chi connectivity index (χ1v) is 9.23. The largest absolute Gasteiger partial charge is 0.497 e. The van der Waals surface area contributed by atoms with Crippen LogP contribution >= 0.6 is 12.4 Å². The molecule has 3 rings (SSSR count). The summed E-state index contributed by atoms with van der Waals surface area (Å²) in [7, 11) is 5.04. The van der Waals surface area contributed by atoms with Crippen molar-refractivity contribution in [1.82, 2.24) is 20.1 Å². The highest BCUT2D eigenvalue weighted by Gasteiger charge is 2.21. The van der Waals surface area contributed by atoms with E-state index in [9.17, 15) is 4.79 Å². The number of methoxy groups -OCH3 is 2. The van der Waals surface area contributed by atoms with Crippen LogP contribution in [0.3, 0.4) is 0 Å². The summed E-state index contributed by atoms with van der Waals surface area (Å²) < 4.78 is 12.3. The van der Waals surface area contributed by atoms with Gasteiger partial charge in [0.25, 0.3) is 0 Å². The third-order valence-corrected chi connectivity index (χ3v) is 4.84. The summed E-state index contributed by atoms with van der Waals surface area (Å²) >= 11 is 0. The fourth-order valence-corrected chi connectivity index (χ4v) is 3.28. The number of hydrogen-bond donors (Lipinski definition) is 2. The summed E-state index contributed by atoms with van der Waals surface area (Å²) in [5, 5.41) is 10.7. The Morgan fingerprint density at radius 2 is 2.04 bits per heavy atom. The molecule has 0 bridgehead atoms. The molecule has 8 nitrogen and oxygen atoms in total. The highest BCUT2D eigenvalue weighted by molar-refractivity contribution is 5.89. The lowest BCUT2D eigenvalue weighted by molar-refractivity contribution is -0.116. The van der Waals surface area contributed by atoms with Crippen LogP contribution in [0.1, 0.15) is 36.6 Å². The normalized spacial score (nSPS) is 14.2. The second-order valence-electron chi connectivity index (χ2n) is 6.67. The van der Waals surface area contributed by atoms with Crippen LogP contribution in [0.15, 0.2) is 18.2 Å². The molecule has 1 saturated heterocycles. The Kier molecular flexibility index (Phi) is 8.07. The minimum absolute atomic E-state index is 0. The maximum atomic E-state index is 12.4. The third-order valence-electron chi connectivity index (χ3n) is 4.84. The van der Waals surface area contributed by atoms with Crippen LogP contribution in [-0.2, 0) is 18.3 Å². The molecule has 154 valence electrons. The standard InChI is InChI=1S/C19H27N5O3.ClH/c1-24-19(22-18(23-24)13-8-10-20-11-9-13)21-17(25)7-4-14-12-15(26-2)5-6-16(14)27-3;/h5-6,12-13,20H,4,7-11H2,1-3H3,(H,21,22,23,25);1H. The van der Waals surface area contributed by atoms with Gasteiger partial charge in [0.1, 0.15) is 11.5 Å². The molecule has 28 heavy (non-hydrogen) atoms. The number of benzene rings is 1. The molecule has 9 heteroatoms. The van der Waals surface area contributed by atoms with E-state index >= 15 is 0 Å². The molecule has 0 spiro atoms. The van der Waals surface area contributed by atoms with E-state index in [1.807, 2.05) is 18.2 Å². The second-order valence-corrected chi connectivity index (χ2v) is 6.67. The molecule has 1 aromatic heterocycles. The molecule has 1 aromatic carbocycles. The summed E-state index contributed by atoms with van der Waals surface area (Å²) in [5.41, 5.74) is 0.931. The van der Waals surface area contributed by atoms with Crippen molar-refractivity contribution in [2.45, 2.75) is 31.6 Å². The van der Waals surface area contributed by atoms with E-state index in [-0.39, 0.29) is 18.3 Å². The topological polar surface area (TPSA) is 90.3 Å². The minimum atomic E-state index is -0.104. The molecule has 1 aliphatic heterocycles. The number of aryl methyl sites for hydroxylation is 2. The van der Waals surface area contributed by atoms with Gasteiger partial charge in [-0.25, -0.2) is 4.68 Å². The van der Waals surface area contributed by atoms with Crippen LogP contribution in [-0.4, -0.2) is 48.0 Å². The third kappa shape index (κ3) is 5.36. The van der Waals surface area contributed by atoms with Gasteiger partial charge in [0.2, 0.25) is 11.9 Å². The molecule has 1 aliphatic rings. The van der Waals surface area contributed by atoms with Crippen molar-refractivity contribution in [1.29, 1.82) is 0 Å². The lowest BCUT2D eigenvalue weighted by atomic mass is 9.98. The minimum Gasteiger partial charge on any atom is -0.497 e. The zero-order valence-corrected chi connectivity index (χ0v) is 17.3. The number of rotatable bonds is 7. The summed E-state index contributed by atoms with van der Waals surface area (Å²) in [6.45, 7) is 1.96. The molecule has 0 unspecified atom stereocenters. The van der Waals surface area contributed by atoms with E-state index in [2.05, 4.69) is 20.7 Å². The fourth-order valence-electron chi connectivity index (χ4n) is 3.28. The molecule has 2 heterocycles. The number of nitrogens with one attached hydrogen (secondary N) is 2. The Bertz CT molecular complexity index is 790. The highest BCUT2D eigenvalue weighted by Crippen LogP contribution is 2.26. The van der Waals surface area contributed by atoms with E-state index in [0.29, 0.717) is 24.7 Å². The Hall–Kier alpha value is -2.32. The number of halogens is 1. The number of aromatic nitrogens is 3. The highest BCUT2D eigenvalue weighted by atomic mass is 35.5. The monoisotopic (exact) mass is 409 g/mol. The summed E-state index contributed by atoms with van der Waals surface area (Å²) in [5.74, 6) is 3.04. The lowest BCUT2D eigenvalue weighted by Gasteiger charge is -2.19. The van der Waals surface area contributed by atoms with Gasteiger partial charge in [0, 0.05) is 19.4 Å². The molecule has 1 amide bonds. The lowest BCUT2D eigenvalue weighted by Crippen LogP contribution is -2.27. The summed E-state index contributed by atoms with van der Waals surface area (Å²) in [4.78, 5) is 16.9. The maximum Gasteiger partial charge on any atom is 0.227 e. The molecule has 0 atom stereocenters. The molecular weight excluding hydrogens is 382 g/mol. The van der Waals surface area contributed by atoms with Gasteiger partial charge in [0.15, 0.2) is 5.82 Å². The summed E-state index contributed by atoms with van der Waals surface area (Å²) in [6, 6.07) is 5.58. The SMILES string of the molecule is COc1ccc(OC)c(CCC(=O)Nc2nc(C3CCNCC3)nn2C)c1.Cl. The molecule has 0 radical (unpaired) electrons. The number of amides is 1. The molecular formula is C19H28ClN5O3. The zero-order valence-electron chi connectivity index (χ0n) is 16.5. The first kappa shape index (κ1) is 22.0. The number of ether oxygens (including phenoxy) is 2. The van der Waals surface area contributed by atoms with Crippen LogP contribution < -0.4 is 20.1 Å². The summed E-state index contributed by atoms with van der Waals surface area (Å²) in [6.07, 6.45) is 2.91. The number of nitrogens with zero attached hydrogens (tertiary/aromatic N) is 3. The average Bonchev–Trinajstić information content (AvgIpc) is 3.07. The first-order valence-electron chi connectivity index (χ1n) is 9.23. The predicted octanol–water partition coefficient (Wildman–Crippen LogP) is 2.29. The van der Waals surface area contributed by atoms with Gasteiger partial charge >= 0.3 is 0 Å². The van der Waals surface area contributed by atoms with Gasteiger partial charge in [-0.2, -0.15) is 10.1 Å². The molecule has 1 fully saturated rings. The van der Waals surface area contributed by atoms with Crippen molar-refractivity contribution in [3.05, 3.63) is 29.6 Å². The van der Waals surface area contributed by atoms with Crippen LogP contribution in [0.25, 0.3) is 0 Å². The van der Waals surface area contributed by atoms with Gasteiger partial charge in [-0.1, -0.05) is 0 Å². The Morgan fingerprint density at radius 3 is 2.71 bits per heavy atom. The maximum absolute atomic E-state index is 12.4. The molecule has 2 N–H and O–H groups in total. The Balaban J connectivity index is 0.00000280. The van der Waals surface area contributed by atoms with Crippen LogP contribution in [0.4, 0.5) is 5.95 Å². The number of piperidine rings is 1. The van der Waals surface area contributed by atoms with Crippen LogP contribution in [0.5, 0.6) is 11.5 Å². The van der Waals surface area contributed by atoms with Crippen molar-refractivity contribution >= 4 is 24.3 Å². The molecule has 0 saturated carbocycles. The van der Waals surface area contributed by atoms with Crippen molar-refractivity contribution in [3.63, 3.8) is 0 Å². The fraction of sp³-hybridized carbons (Fsp3) is 0.526. The quantitative estimate of drug-likeness (QED) is 0.729. The van der Waals surface area contributed by atoms with Crippen molar-refractivity contribution in [2.75, 3.05) is 32.6 Å². The molecule has 2 aromatic rings. The van der Waals surface area contributed by atoms with Gasteiger partial charge in [-0.3, -0.25) is 10.1 Å². The van der Waals surface area contributed by atoms with Crippen molar-refractivity contribution in [3.8, 4) is 11.5 Å². The van der Waals surface area contributed by atoms with Crippen molar-refractivity contribution < 1.29 is 14.3 Å². The van der Waals surface area contributed by atoms with E-state index in [0.717, 1.165) is 48.8 Å². The van der Waals surface area contributed by atoms with E-state index in [1.165, 1.54) is 0 Å². The molecule has 0 aliphatic carbocycles. The predicted molar refractivity (Wildman–Crippen MR) is 110 cm³/mol. The zero-order chi connectivity index (χ0) is 19.2. The number of carbonyl (C=O) groups excluding carboxylic acids is 1. The number of anilines is 1. The Labute approximate surface area is 171 Å². The number of carbonyl (C=O) groups is 1. The smallest absolute Gasteiger partial charge is 0.227 e.